The van der Waals surface area contributed by atoms with Crippen molar-refractivity contribution < 1.29 is 18.9 Å². The number of aromatic nitrogens is 4. The van der Waals surface area contributed by atoms with E-state index in [2.05, 4.69) is 90.4 Å². The van der Waals surface area contributed by atoms with Crippen LogP contribution in [0.1, 0.15) is 75.7 Å². The lowest BCUT2D eigenvalue weighted by Crippen LogP contribution is -2.56. The van der Waals surface area contributed by atoms with Crippen LogP contribution in [0, 0.1) is 23.7 Å². The Kier molecular flexibility index (Phi) is 11.8. The van der Waals surface area contributed by atoms with E-state index in [0.29, 0.717) is 41.3 Å². The molecule has 7 aromatic rings. The number of pyridine rings is 2. The lowest BCUT2D eigenvalue weighted by Gasteiger charge is -2.52. The molecule has 10 heteroatoms. The molecule has 0 saturated carbocycles. The zero-order chi connectivity index (χ0) is 44.7. The molecule has 4 bridgehead atoms. The number of hydrogen-bond donors (Lipinski definition) is 0. The zero-order valence-corrected chi connectivity index (χ0v) is 38.6. The number of nitrogens with zero attached hydrogens (tertiary/aromatic N) is 6. The number of ether oxygens (including phenoxy) is 4. The van der Waals surface area contributed by atoms with Gasteiger partial charge in [-0.15, -0.1) is 0 Å². The van der Waals surface area contributed by atoms with Gasteiger partial charge in [0.05, 0.1) is 37.3 Å². The zero-order valence-electron chi connectivity index (χ0n) is 38.6. The summed E-state index contributed by atoms with van der Waals surface area (Å²) in [7, 11) is 3.44. The molecule has 0 amide bonds. The third-order valence-electron chi connectivity index (χ3n) is 15.6. The largest absolute Gasteiger partial charge is 0.497 e. The summed E-state index contributed by atoms with van der Waals surface area (Å²) in [5.41, 5.74) is 6.48. The molecule has 6 aliphatic rings. The predicted octanol–water partition coefficient (Wildman–Crippen LogP) is 11.4. The SMILES string of the molecule is CC[C@@H]1CN2CC[C@@H]1C[C@H]2[C@H](Oc1nc(-c2ccccc2)nc(O[C@H](c2ccnc3ccc(OC)cc23)[C@@H]2C[C@H]3CCN2C[C@@H]3CC)c1-c1ccccc1)c1ccnc2ccc(OC)cc12. The van der Waals surface area contributed by atoms with E-state index in [1.165, 1.54) is 25.7 Å². The van der Waals surface area contributed by atoms with Crippen LogP contribution in [-0.2, 0) is 0 Å². The van der Waals surface area contributed by atoms with Crippen molar-refractivity contribution in [1.29, 1.82) is 0 Å². The second kappa shape index (κ2) is 18.3. The van der Waals surface area contributed by atoms with Crippen molar-refractivity contribution in [2.75, 3.05) is 40.4 Å². The number of rotatable bonds is 14. The van der Waals surface area contributed by atoms with Crippen molar-refractivity contribution in [2.24, 2.45) is 23.7 Å². The summed E-state index contributed by atoms with van der Waals surface area (Å²) in [6.07, 6.45) is 9.90. The quantitative estimate of drug-likeness (QED) is 0.105. The monoisotopic (exact) mass is 880 g/mol. The van der Waals surface area contributed by atoms with Crippen molar-refractivity contribution in [2.45, 2.75) is 76.7 Å². The van der Waals surface area contributed by atoms with E-state index in [4.69, 9.17) is 38.9 Å². The highest BCUT2D eigenvalue weighted by molar-refractivity contribution is 5.85. The van der Waals surface area contributed by atoms with Crippen LogP contribution in [0.5, 0.6) is 23.3 Å². The molecule has 66 heavy (non-hydrogen) atoms. The number of fused-ring (bicyclic) bond motifs is 8. The van der Waals surface area contributed by atoms with Gasteiger partial charge in [-0.2, -0.15) is 9.97 Å². The molecule has 0 radical (unpaired) electrons. The molecule has 0 aliphatic carbocycles. The Morgan fingerprint density at radius 3 is 1.47 bits per heavy atom. The Hall–Kier alpha value is -6.10. The molecular weight excluding hydrogens is 821 g/mol. The maximum atomic E-state index is 7.76. The Bertz CT molecular complexity index is 2680. The van der Waals surface area contributed by atoms with Gasteiger partial charge in [-0.1, -0.05) is 87.4 Å². The van der Waals surface area contributed by atoms with Crippen LogP contribution in [0.4, 0.5) is 0 Å². The molecule has 4 aromatic carbocycles. The molecule has 9 heterocycles. The second-order valence-corrected chi connectivity index (χ2v) is 18.9. The van der Waals surface area contributed by atoms with E-state index in [9.17, 15) is 0 Å². The van der Waals surface area contributed by atoms with Crippen molar-refractivity contribution in [3.63, 3.8) is 0 Å². The van der Waals surface area contributed by atoms with Crippen LogP contribution >= 0.6 is 0 Å². The molecule has 6 saturated heterocycles. The molecule has 10 atom stereocenters. The molecule has 6 aliphatic heterocycles. The summed E-state index contributed by atoms with van der Waals surface area (Å²) in [6, 6.07) is 37.4. The van der Waals surface area contributed by atoms with Gasteiger partial charge in [0.15, 0.2) is 5.82 Å². The maximum Gasteiger partial charge on any atom is 0.229 e. The van der Waals surface area contributed by atoms with Crippen LogP contribution in [0.15, 0.2) is 122 Å². The van der Waals surface area contributed by atoms with Gasteiger partial charge in [0.25, 0.3) is 0 Å². The maximum absolute atomic E-state index is 7.76. The fourth-order valence-electron chi connectivity index (χ4n) is 12.1. The smallest absolute Gasteiger partial charge is 0.229 e. The Morgan fingerprint density at radius 1 is 0.576 bits per heavy atom. The first-order valence-electron chi connectivity index (χ1n) is 24.2. The average molecular weight is 881 g/mol. The van der Waals surface area contributed by atoms with E-state index in [0.717, 1.165) is 100 Å². The van der Waals surface area contributed by atoms with Gasteiger partial charge in [-0.3, -0.25) is 19.8 Å². The molecule has 0 N–H and O–H groups in total. The van der Waals surface area contributed by atoms with Gasteiger partial charge < -0.3 is 18.9 Å². The predicted molar refractivity (Wildman–Crippen MR) is 260 cm³/mol. The third-order valence-corrected chi connectivity index (χ3v) is 15.6. The minimum atomic E-state index is -0.393. The number of hydrogen-bond acceptors (Lipinski definition) is 10. The van der Waals surface area contributed by atoms with Crippen LogP contribution in [-0.4, -0.2) is 82.2 Å². The summed E-state index contributed by atoms with van der Waals surface area (Å²) < 4.78 is 27.2. The summed E-state index contributed by atoms with van der Waals surface area (Å²) in [5.74, 6) is 5.70. The molecule has 6 fully saturated rings. The fourth-order valence-corrected chi connectivity index (χ4v) is 12.1. The first-order chi connectivity index (χ1) is 32.5. The highest BCUT2D eigenvalue weighted by Gasteiger charge is 2.47. The van der Waals surface area contributed by atoms with Gasteiger partial charge >= 0.3 is 0 Å². The van der Waals surface area contributed by atoms with Crippen LogP contribution in [0.25, 0.3) is 44.3 Å². The van der Waals surface area contributed by atoms with Gasteiger partial charge in [0, 0.05) is 52.9 Å². The van der Waals surface area contributed by atoms with Gasteiger partial charge in [-0.05, 0) is 117 Å². The molecule has 2 unspecified atom stereocenters. The lowest BCUT2D eigenvalue weighted by molar-refractivity contribution is -0.0510. The molecule has 3 aromatic heterocycles. The number of methoxy groups -OCH3 is 2. The topological polar surface area (TPSA) is 95.0 Å². The lowest BCUT2D eigenvalue weighted by atomic mass is 9.72. The van der Waals surface area contributed by atoms with Gasteiger partial charge in [0.2, 0.25) is 11.8 Å². The number of benzene rings is 4. The Labute approximate surface area is 388 Å². The summed E-state index contributed by atoms with van der Waals surface area (Å²) in [5, 5.41) is 2.02. The molecule has 13 rings (SSSR count). The van der Waals surface area contributed by atoms with Crippen LogP contribution in [0.3, 0.4) is 0 Å². The van der Waals surface area contributed by atoms with Crippen molar-refractivity contribution in [1.82, 2.24) is 29.7 Å². The summed E-state index contributed by atoms with van der Waals surface area (Å²) in [6.45, 7) is 8.88. The molecule has 10 nitrogen and oxygen atoms in total. The summed E-state index contributed by atoms with van der Waals surface area (Å²) in [4.78, 5) is 26.0. The molecular formula is C56H60N6O4. The minimum Gasteiger partial charge on any atom is -0.497 e. The normalized spacial score (nSPS) is 25.4. The molecule has 0 spiro atoms. The van der Waals surface area contributed by atoms with Crippen molar-refractivity contribution in [3.8, 4) is 45.8 Å². The molecule has 338 valence electrons. The van der Waals surface area contributed by atoms with Gasteiger partial charge in [0.1, 0.15) is 29.3 Å². The Morgan fingerprint density at radius 2 is 1.05 bits per heavy atom. The van der Waals surface area contributed by atoms with Crippen LogP contribution < -0.4 is 18.9 Å². The second-order valence-electron chi connectivity index (χ2n) is 18.9. The Balaban J connectivity index is 1.13. The van der Waals surface area contributed by atoms with Crippen molar-refractivity contribution >= 4 is 21.8 Å². The van der Waals surface area contributed by atoms with Crippen LogP contribution in [0.2, 0.25) is 0 Å². The fraction of sp³-hybridized carbons (Fsp3) is 0.393. The van der Waals surface area contributed by atoms with E-state index < -0.39 is 12.2 Å². The van der Waals surface area contributed by atoms with Crippen molar-refractivity contribution in [3.05, 3.63) is 133 Å². The van der Waals surface area contributed by atoms with E-state index >= 15 is 0 Å². The third kappa shape index (κ3) is 7.91. The van der Waals surface area contributed by atoms with E-state index in [1.54, 1.807) is 14.2 Å². The van der Waals surface area contributed by atoms with E-state index in [1.807, 2.05) is 54.9 Å². The van der Waals surface area contributed by atoms with Gasteiger partial charge in [-0.25, -0.2) is 0 Å². The highest BCUT2D eigenvalue weighted by Crippen LogP contribution is 2.50. The first kappa shape index (κ1) is 42.5. The minimum absolute atomic E-state index is 0.106. The average Bonchev–Trinajstić information content (AvgIpc) is 3.39. The number of piperidine rings is 6. The highest BCUT2D eigenvalue weighted by atomic mass is 16.5. The standard InChI is InChI=1S/C56H60N6O4/c1-5-35-33-61-27-23-39(35)29-49(61)52(43-21-25-57-47-19-17-41(63-3)31-45(43)47)65-55-51(37-13-9-7-10-14-37)56(60-54(59-55)38-15-11-8-12-16-38)66-53(50-30-40-24-28-62(50)34-36(40)6-2)44-22-26-58-48-20-18-42(64-4)32-46(44)48/h7-22,25-26,31-32,35-36,39-40,49-50,52-53H,5-6,23-24,27-30,33-34H2,1-4H3/t35-,36+,39-,40-,49+,50+,52-,53-/m1/s1. The summed E-state index contributed by atoms with van der Waals surface area (Å²) >= 11 is 0. The van der Waals surface area contributed by atoms with E-state index in [-0.39, 0.29) is 12.1 Å². The first-order valence-corrected chi connectivity index (χ1v) is 24.2.